The van der Waals surface area contributed by atoms with Crippen LogP contribution in [0.3, 0.4) is 0 Å². The molecule has 1 aromatic rings. The average molecular weight is 386 g/mol. The summed E-state index contributed by atoms with van der Waals surface area (Å²) in [4.78, 5) is 31.2. The van der Waals surface area contributed by atoms with E-state index < -0.39 is 0 Å². The van der Waals surface area contributed by atoms with Crippen molar-refractivity contribution in [1.29, 1.82) is 0 Å². The largest absolute Gasteiger partial charge is 0.378 e. The second-order valence-corrected chi connectivity index (χ2v) is 7.97. The fraction of sp³-hybridized carbons (Fsp3) is 0.619. The molecule has 1 N–H and O–H groups in total. The third kappa shape index (κ3) is 4.41. The van der Waals surface area contributed by atoms with E-state index >= 15 is 0 Å². The highest BCUT2D eigenvalue weighted by molar-refractivity contribution is 5.91. The van der Waals surface area contributed by atoms with Gasteiger partial charge in [0.25, 0.3) is 0 Å². The SMILES string of the molecule is Cc1ccc(N2CCOCC2)cc1NC(=O)N1CCCN(C(=O)C2CC2)CC1. The van der Waals surface area contributed by atoms with Crippen LogP contribution in [-0.2, 0) is 9.53 Å². The van der Waals surface area contributed by atoms with Crippen molar-refractivity contribution in [3.63, 3.8) is 0 Å². The van der Waals surface area contributed by atoms with Crippen molar-refractivity contribution in [3.8, 4) is 0 Å². The number of aryl methyl sites for hydroxylation is 1. The van der Waals surface area contributed by atoms with Gasteiger partial charge in [-0.05, 0) is 43.9 Å². The number of amides is 3. The fourth-order valence-corrected chi connectivity index (χ4v) is 3.89. The quantitative estimate of drug-likeness (QED) is 0.866. The summed E-state index contributed by atoms with van der Waals surface area (Å²) in [5, 5.41) is 3.09. The van der Waals surface area contributed by atoms with Crippen molar-refractivity contribution in [1.82, 2.24) is 9.80 Å². The van der Waals surface area contributed by atoms with Gasteiger partial charge in [0.1, 0.15) is 0 Å². The van der Waals surface area contributed by atoms with Gasteiger partial charge in [-0.15, -0.1) is 0 Å². The highest BCUT2D eigenvalue weighted by Crippen LogP contribution is 2.31. The van der Waals surface area contributed by atoms with Crippen molar-refractivity contribution < 1.29 is 14.3 Å². The number of urea groups is 1. The molecule has 152 valence electrons. The van der Waals surface area contributed by atoms with Crippen molar-refractivity contribution in [3.05, 3.63) is 23.8 Å². The van der Waals surface area contributed by atoms with E-state index in [0.29, 0.717) is 19.6 Å². The Morgan fingerprint density at radius 2 is 1.71 bits per heavy atom. The normalized spacial score (nSPS) is 20.7. The van der Waals surface area contributed by atoms with Crippen LogP contribution in [0.1, 0.15) is 24.8 Å². The average Bonchev–Trinajstić information content (AvgIpc) is 3.56. The van der Waals surface area contributed by atoms with Crippen LogP contribution in [-0.4, -0.2) is 74.2 Å². The van der Waals surface area contributed by atoms with Gasteiger partial charge in [-0.2, -0.15) is 0 Å². The number of rotatable bonds is 3. The summed E-state index contributed by atoms with van der Waals surface area (Å²) in [5.74, 6) is 0.516. The number of ether oxygens (including phenoxy) is 1. The van der Waals surface area contributed by atoms with Crippen molar-refractivity contribution in [2.45, 2.75) is 26.2 Å². The van der Waals surface area contributed by atoms with Crippen LogP contribution in [0.4, 0.5) is 16.2 Å². The monoisotopic (exact) mass is 386 g/mol. The van der Waals surface area contributed by atoms with E-state index in [9.17, 15) is 9.59 Å². The lowest BCUT2D eigenvalue weighted by atomic mass is 10.1. The topological polar surface area (TPSA) is 65.1 Å². The molecule has 0 aromatic heterocycles. The van der Waals surface area contributed by atoms with Gasteiger partial charge < -0.3 is 24.8 Å². The van der Waals surface area contributed by atoms with E-state index in [-0.39, 0.29) is 17.9 Å². The summed E-state index contributed by atoms with van der Waals surface area (Å²) in [7, 11) is 0. The summed E-state index contributed by atoms with van der Waals surface area (Å²) in [5.41, 5.74) is 3.01. The third-order valence-electron chi connectivity index (χ3n) is 5.86. The molecule has 0 bridgehead atoms. The number of nitrogens with one attached hydrogen (secondary N) is 1. The van der Waals surface area contributed by atoms with Crippen LogP contribution < -0.4 is 10.2 Å². The molecule has 0 atom stereocenters. The molecular formula is C21H30N4O3. The maximum Gasteiger partial charge on any atom is 0.321 e. The number of carbonyl (C=O) groups excluding carboxylic acids is 2. The zero-order valence-corrected chi connectivity index (χ0v) is 16.7. The van der Waals surface area contributed by atoms with Gasteiger partial charge in [0, 0.05) is 56.6 Å². The van der Waals surface area contributed by atoms with E-state index in [1.165, 1.54) is 0 Å². The molecule has 0 spiro atoms. The van der Waals surface area contributed by atoms with Gasteiger partial charge >= 0.3 is 6.03 Å². The summed E-state index contributed by atoms with van der Waals surface area (Å²) in [6.45, 7) is 7.88. The Hall–Kier alpha value is -2.28. The predicted octanol–water partition coefficient (Wildman–Crippen LogP) is 2.31. The second-order valence-electron chi connectivity index (χ2n) is 7.97. The van der Waals surface area contributed by atoms with Gasteiger partial charge in [0.2, 0.25) is 5.91 Å². The zero-order chi connectivity index (χ0) is 19.5. The highest BCUT2D eigenvalue weighted by Gasteiger charge is 2.34. The molecule has 1 saturated carbocycles. The van der Waals surface area contributed by atoms with Crippen molar-refractivity contribution in [2.24, 2.45) is 5.92 Å². The maximum absolute atomic E-state index is 12.9. The zero-order valence-electron chi connectivity index (χ0n) is 16.7. The van der Waals surface area contributed by atoms with E-state index in [4.69, 9.17) is 4.74 Å². The lowest BCUT2D eigenvalue weighted by molar-refractivity contribution is -0.132. The Kier molecular flexibility index (Phi) is 5.71. The Labute approximate surface area is 166 Å². The van der Waals surface area contributed by atoms with Crippen LogP contribution in [0.5, 0.6) is 0 Å². The van der Waals surface area contributed by atoms with Crippen LogP contribution in [0.2, 0.25) is 0 Å². The Balaban J connectivity index is 1.38. The van der Waals surface area contributed by atoms with E-state index in [1.54, 1.807) is 0 Å². The first kappa shape index (κ1) is 19.1. The van der Waals surface area contributed by atoms with Gasteiger partial charge in [0.15, 0.2) is 0 Å². The lowest BCUT2D eigenvalue weighted by Crippen LogP contribution is -2.40. The second kappa shape index (κ2) is 8.39. The van der Waals surface area contributed by atoms with Gasteiger partial charge in [-0.1, -0.05) is 6.07 Å². The molecule has 28 heavy (non-hydrogen) atoms. The molecule has 2 saturated heterocycles. The molecule has 4 rings (SSSR count). The Morgan fingerprint density at radius 3 is 2.46 bits per heavy atom. The first-order valence-electron chi connectivity index (χ1n) is 10.4. The minimum Gasteiger partial charge on any atom is -0.378 e. The van der Waals surface area contributed by atoms with Crippen LogP contribution in [0.15, 0.2) is 18.2 Å². The molecule has 3 fully saturated rings. The molecule has 2 heterocycles. The molecular weight excluding hydrogens is 356 g/mol. The lowest BCUT2D eigenvalue weighted by Gasteiger charge is -2.29. The molecule has 7 nitrogen and oxygen atoms in total. The van der Waals surface area contributed by atoms with Gasteiger partial charge in [-0.3, -0.25) is 4.79 Å². The minimum absolute atomic E-state index is 0.0806. The molecule has 1 aliphatic carbocycles. The van der Waals surface area contributed by atoms with E-state index in [0.717, 1.165) is 69.0 Å². The number of benzene rings is 1. The first-order valence-corrected chi connectivity index (χ1v) is 10.4. The smallest absolute Gasteiger partial charge is 0.321 e. The summed E-state index contributed by atoms with van der Waals surface area (Å²) in [6, 6.07) is 6.13. The minimum atomic E-state index is -0.0806. The summed E-state index contributed by atoms with van der Waals surface area (Å²) < 4.78 is 5.43. The standard InChI is InChI=1S/C21H30N4O3/c1-16-3-6-18(23-11-13-28-14-12-23)15-19(16)22-21(27)25-8-2-7-24(9-10-25)20(26)17-4-5-17/h3,6,15,17H,2,4-5,7-14H2,1H3,(H,22,27). The van der Waals surface area contributed by atoms with E-state index in [1.807, 2.05) is 16.7 Å². The highest BCUT2D eigenvalue weighted by atomic mass is 16.5. The van der Waals surface area contributed by atoms with Crippen LogP contribution >= 0.6 is 0 Å². The van der Waals surface area contributed by atoms with Crippen molar-refractivity contribution in [2.75, 3.05) is 62.7 Å². The molecule has 0 unspecified atom stereocenters. The molecule has 7 heteroatoms. The third-order valence-corrected chi connectivity index (χ3v) is 5.86. The molecule has 1 aromatic carbocycles. The fourth-order valence-electron chi connectivity index (χ4n) is 3.89. The Bertz CT molecular complexity index is 728. The number of nitrogens with zero attached hydrogens (tertiary/aromatic N) is 3. The molecule has 3 amide bonds. The van der Waals surface area contributed by atoms with Crippen LogP contribution in [0.25, 0.3) is 0 Å². The molecule has 0 radical (unpaired) electrons. The van der Waals surface area contributed by atoms with Gasteiger partial charge in [0.05, 0.1) is 13.2 Å². The summed E-state index contributed by atoms with van der Waals surface area (Å²) in [6.07, 6.45) is 2.88. The number of anilines is 2. The molecule has 3 aliphatic rings. The number of carbonyl (C=O) groups is 2. The number of morpholine rings is 1. The predicted molar refractivity (Wildman–Crippen MR) is 109 cm³/mol. The van der Waals surface area contributed by atoms with Crippen LogP contribution in [0, 0.1) is 12.8 Å². The van der Waals surface area contributed by atoms with E-state index in [2.05, 4.69) is 28.4 Å². The maximum atomic E-state index is 12.9. The van der Waals surface area contributed by atoms with Gasteiger partial charge in [-0.25, -0.2) is 4.79 Å². The van der Waals surface area contributed by atoms with Crippen molar-refractivity contribution >= 4 is 23.3 Å². The Morgan fingerprint density at radius 1 is 1.00 bits per heavy atom. The molecule has 2 aliphatic heterocycles. The number of hydrogen-bond donors (Lipinski definition) is 1. The summed E-state index contributed by atoms with van der Waals surface area (Å²) >= 11 is 0. The number of hydrogen-bond acceptors (Lipinski definition) is 4. The first-order chi connectivity index (χ1) is 13.6.